The van der Waals surface area contributed by atoms with Crippen molar-refractivity contribution < 1.29 is 14.0 Å². The van der Waals surface area contributed by atoms with Crippen molar-refractivity contribution in [3.8, 4) is 11.5 Å². The molecule has 0 amide bonds. The van der Waals surface area contributed by atoms with E-state index in [2.05, 4.69) is 10.1 Å². The molecule has 0 atom stereocenters. The maximum Gasteiger partial charge on any atom is 0.240 e. The van der Waals surface area contributed by atoms with Crippen molar-refractivity contribution in [3.05, 3.63) is 69.8 Å². The summed E-state index contributed by atoms with van der Waals surface area (Å²) in [5, 5.41) is 5.20. The molecule has 142 valence electrons. The number of rotatable bonds is 8. The van der Waals surface area contributed by atoms with E-state index in [9.17, 15) is 0 Å². The van der Waals surface area contributed by atoms with Crippen molar-refractivity contribution in [3.63, 3.8) is 0 Å². The zero-order valence-corrected chi connectivity index (χ0v) is 16.5. The van der Waals surface area contributed by atoms with E-state index in [-0.39, 0.29) is 6.61 Å². The maximum atomic E-state index is 6.21. The third-order valence-corrected chi connectivity index (χ3v) is 4.39. The summed E-state index contributed by atoms with van der Waals surface area (Å²) < 4.78 is 16.1. The van der Waals surface area contributed by atoms with Gasteiger partial charge in [0, 0.05) is 16.6 Å². The molecule has 0 aliphatic rings. The Balaban J connectivity index is 1.52. The van der Waals surface area contributed by atoms with Gasteiger partial charge < -0.3 is 14.0 Å². The van der Waals surface area contributed by atoms with Crippen LogP contribution in [-0.4, -0.2) is 29.2 Å². The van der Waals surface area contributed by atoms with E-state index < -0.39 is 0 Å². The molecule has 0 saturated carbocycles. The lowest BCUT2D eigenvalue weighted by atomic mass is 10.2. The van der Waals surface area contributed by atoms with Gasteiger partial charge in [-0.05, 0) is 49.0 Å². The molecule has 0 bridgehead atoms. The highest BCUT2D eigenvalue weighted by Crippen LogP contribution is 2.22. The van der Waals surface area contributed by atoms with E-state index in [1.54, 1.807) is 13.2 Å². The molecule has 0 N–H and O–H groups in total. The zero-order chi connectivity index (χ0) is 19.2. The molecule has 2 aromatic carbocycles. The van der Waals surface area contributed by atoms with E-state index in [1.165, 1.54) is 0 Å². The van der Waals surface area contributed by atoms with Crippen LogP contribution in [-0.2, 0) is 19.7 Å². The Labute approximate surface area is 167 Å². The van der Waals surface area contributed by atoms with E-state index in [0.717, 1.165) is 11.3 Å². The Bertz CT molecular complexity index is 884. The molecule has 0 radical (unpaired) electrons. The highest BCUT2D eigenvalue weighted by Gasteiger charge is 2.12. The second kappa shape index (κ2) is 9.08. The molecule has 0 unspecified atom stereocenters. The Hall–Kier alpha value is -2.28. The summed E-state index contributed by atoms with van der Waals surface area (Å²) in [5.74, 6) is 2.47. The van der Waals surface area contributed by atoms with Gasteiger partial charge in [-0.2, -0.15) is 4.98 Å². The molecule has 0 aliphatic carbocycles. The van der Waals surface area contributed by atoms with Gasteiger partial charge in [0.2, 0.25) is 11.7 Å². The van der Waals surface area contributed by atoms with Gasteiger partial charge in [-0.15, -0.1) is 0 Å². The monoisotopic (exact) mass is 407 g/mol. The van der Waals surface area contributed by atoms with Crippen molar-refractivity contribution in [2.75, 3.05) is 14.2 Å². The zero-order valence-electron chi connectivity index (χ0n) is 15.0. The van der Waals surface area contributed by atoms with Gasteiger partial charge in [-0.3, -0.25) is 4.90 Å². The first kappa shape index (κ1) is 19.5. The molecule has 8 heteroatoms. The quantitative estimate of drug-likeness (QED) is 0.543. The summed E-state index contributed by atoms with van der Waals surface area (Å²) in [7, 11) is 3.57. The van der Waals surface area contributed by atoms with Crippen LogP contribution < -0.4 is 9.47 Å². The third-order valence-electron chi connectivity index (χ3n) is 3.80. The molecule has 27 heavy (non-hydrogen) atoms. The first-order valence-electron chi connectivity index (χ1n) is 8.24. The number of hydrogen-bond acceptors (Lipinski definition) is 6. The van der Waals surface area contributed by atoms with Crippen LogP contribution in [0, 0.1) is 0 Å². The number of ether oxygens (including phenoxy) is 2. The fraction of sp³-hybridized carbons (Fsp3) is 0.263. The molecule has 1 aromatic heterocycles. The van der Waals surface area contributed by atoms with Crippen molar-refractivity contribution in [1.82, 2.24) is 15.0 Å². The predicted molar refractivity (Wildman–Crippen MR) is 103 cm³/mol. The molecule has 3 aromatic rings. The fourth-order valence-electron chi connectivity index (χ4n) is 2.46. The highest BCUT2D eigenvalue weighted by atomic mass is 35.5. The predicted octanol–water partition coefficient (Wildman–Crippen LogP) is 4.60. The van der Waals surface area contributed by atoms with Crippen molar-refractivity contribution >= 4 is 23.2 Å². The van der Waals surface area contributed by atoms with Gasteiger partial charge in [-0.25, -0.2) is 0 Å². The van der Waals surface area contributed by atoms with Gasteiger partial charge in [0.05, 0.1) is 13.7 Å². The molecule has 0 aliphatic heterocycles. The highest BCUT2D eigenvalue weighted by molar-refractivity contribution is 6.35. The average molecular weight is 408 g/mol. The van der Waals surface area contributed by atoms with Crippen molar-refractivity contribution in [2.45, 2.75) is 19.7 Å². The van der Waals surface area contributed by atoms with E-state index in [1.807, 2.05) is 48.3 Å². The van der Waals surface area contributed by atoms with Crippen LogP contribution >= 0.6 is 23.2 Å². The Morgan fingerprint density at radius 3 is 2.48 bits per heavy atom. The Morgan fingerprint density at radius 1 is 1.04 bits per heavy atom. The lowest BCUT2D eigenvalue weighted by molar-refractivity contribution is 0.256. The van der Waals surface area contributed by atoms with Gasteiger partial charge in [-0.1, -0.05) is 34.4 Å². The summed E-state index contributed by atoms with van der Waals surface area (Å²) >= 11 is 12.1. The Kier molecular flexibility index (Phi) is 6.55. The molecule has 6 nitrogen and oxygen atoms in total. The van der Waals surface area contributed by atoms with E-state index in [4.69, 9.17) is 37.2 Å². The smallest absolute Gasteiger partial charge is 0.240 e. The lowest BCUT2D eigenvalue weighted by Crippen LogP contribution is -2.17. The van der Waals surface area contributed by atoms with Crippen LogP contribution in [0.15, 0.2) is 47.0 Å². The van der Waals surface area contributed by atoms with Crippen LogP contribution in [0.3, 0.4) is 0 Å². The minimum Gasteiger partial charge on any atom is -0.497 e. The normalized spacial score (nSPS) is 11.0. The molecular weight excluding hydrogens is 389 g/mol. The molecular formula is C19H19Cl2N3O3. The van der Waals surface area contributed by atoms with Crippen LogP contribution in [0.5, 0.6) is 11.5 Å². The molecule has 0 fully saturated rings. The summed E-state index contributed by atoms with van der Waals surface area (Å²) in [6, 6.07) is 12.8. The fourth-order valence-corrected chi connectivity index (χ4v) is 2.93. The second-order valence-corrected chi connectivity index (χ2v) is 6.82. The largest absolute Gasteiger partial charge is 0.497 e. The minimum atomic E-state index is 0.225. The van der Waals surface area contributed by atoms with Crippen molar-refractivity contribution in [1.29, 1.82) is 0 Å². The summed E-state index contributed by atoms with van der Waals surface area (Å²) in [4.78, 5) is 6.38. The lowest BCUT2D eigenvalue weighted by Gasteiger charge is -2.15. The summed E-state index contributed by atoms with van der Waals surface area (Å²) in [6.45, 7) is 1.35. The molecule has 0 saturated heterocycles. The van der Waals surface area contributed by atoms with E-state index >= 15 is 0 Å². The van der Waals surface area contributed by atoms with Crippen LogP contribution in [0.2, 0.25) is 10.0 Å². The second-order valence-electron chi connectivity index (χ2n) is 5.98. The number of hydrogen-bond donors (Lipinski definition) is 0. The van der Waals surface area contributed by atoms with Crippen molar-refractivity contribution in [2.24, 2.45) is 0 Å². The van der Waals surface area contributed by atoms with E-state index in [0.29, 0.717) is 40.6 Å². The number of methoxy groups -OCH3 is 1. The molecule has 3 rings (SSSR count). The minimum absolute atomic E-state index is 0.225. The standard InChI is InChI=1S/C19H19Cl2N3O3/c1-24(10-13-3-4-14(20)9-17(13)21)11-19-22-18(23-27-19)12-26-16-7-5-15(25-2)6-8-16/h3-9H,10-12H2,1-2H3. The van der Waals surface area contributed by atoms with Crippen LogP contribution in [0.1, 0.15) is 17.3 Å². The SMILES string of the molecule is COc1ccc(OCc2noc(CN(C)Cc3ccc(Cl)cc3Cl)n2)cc1. The number of aromatic nitrogens is 2. The number of benzene rings is 2. The Morgan fingerprint density at radius 2 is 1.78 bits per heavy atom. The van der Waals surface area contributed by atoms with Crippen LogP contribution in [0.4, 0.5) is 0 Å². The first-order valence-corrected chi connectivity index (χ1v) is 9.00. The van der Waals surface area contributed by atoms with Gasteiger partial charge >= 0.3 is 0 Å². The summed E-state index contributed by atoms with van der Waals surface area (Å²) in [5.41, 5.74) is 0.978. The maximum absolute atomic E-state index is 6.21. The molecule has 1 heterocycles. The average Bonchev–Trinajstić information content (AvgIpc) is 3.10. The molecule has 0 spiro atoms. The van der Waals surface area contributed by atoms with Crippen LogP contribution in [0.25, 0.3) is 0 Å². The van der Waals surface area contributed by atoms with Gasteiger partial charge in [0.1, 0.15) is 11.5 Å². The number of nitrogens with zero attached hydrogens (tertiary/aromatic N) is 3. The van der Waals surface area contributed by atoms with Gasteiger partial charge in [0.25, 0.3) is 0 Å². The first-order chi connectivity index (χ1) is 13.0. The van der Waals surface area contributed by atoms with Gasteiger partial charge in [0.15, 0.2) is 6.61 Å². The third kappa shape index (κ3) is 5.60. The summed E-state index contributed by atoms with van der Waals surface area (Å²) in [6.07, 6.45) is 0. The topological polar surface area (TPSA) is 60.6 Å². The number of halogens is 2.